The van der Waals surface area contributed by atoms with E-state index in [-0.39, 0.29) is 0 Å². The zero-order valence-electron chi connectivity index (χ0n) is 13.7. The Morgan fingerprint density at radius 1 is 1.10 bits per heavy atom. The number of aliphatic hydroxyl groups is 1. The van der Waals surface area contributed by atoms with E-state index in [2.05, 4.69) is 12.2 Å². The number of ether oxygens (including phenoxy) is 2. The average Bonchev–Trinajstić information content (AvgIpc) is 2.98. The summed E-state index contributed by atoms with van der Waals surface area (Å²) in [6.45, 7) is 3.31. The van der Waals surface area contributed by atoms with Gasteiger partial charge in [0.05, 0.1) is 24.9 Å². The van der Waals surface area contributed by atoms with Gasteiger partial charge in [-0.15, -0.1) is 0 Å². The molecule has 2 saturated carbocycles. The standard InChI is InChI=1S/C17H33NO3/c1-3-13-7-4-5-9-16(13)21-12-14(19)11-18-15-8-6-10-17(15)20-2/h13-19H,3-12H2,1-2H3. The Hall–Kier alpha value is -0.160. The second kappa shape index (κ2) is 9.09. The third-order valence-corrected chi connectivity index (χ3v) is 5.24. The van der Waals surface area contributed by atoms with Gasteiger partial charge in [0.2, 0.25) is 0 Å². The normalized spacial score (nSPS) is 35.0. The fourth-order valence-corrected chi connectivity index (χ4v) is 3.88. The van der Waals surface area contributed by atoms with Crippen molar-refractivity contribution in [3.05, 3.63) is 0 Å². The Bertz CT molecular complexity index is 287. The van der Waals surface area contributed by atoms with Crippen LogP contribution in [0.3, 0.4) is 0 Å². The predicted molar refractivity (Wildman–Crippen MR) is 84.4 cm³/mol. The molecule has 124 valence electrons. The molecule has 0 aromatic heterocycles. The number of hydrogen-bond acceptors (Lipinski definition) is 4. The van der Waals surface area contributed by atoms with Crippen LogP contribution in [0.25, 0.3) is 0 Å². The highest BCUT2D eigenvalue weighted by Crippen LogP contribution is 2.29. The molecule has 0 radical (unpaired) electrons. The minimum absolute atomic E-state index is 0.306. The first-order valence-corrected chi connectivity index (χ1v) is 8.80. The van der Waals surface area contributed by atoms with Crippen LogP contribution in [0.5, 0.6) is 0 Å². The van der Waals surface area contributed by atoms with Gasteiger partial charge in [-0.25, -0.2) is 0 Å². The molecule has 2 aliphatic rings. The molecule has 0 aromatic rings. The molecule has 0 aromatic carbocycles. The summed E-state index contributed by atoms with van der Waals surface area (Å²) in [4.78, 5) is 0. The van der Waals surface area contributed by atoms with Crippen LogP contribution in [-0.4, -0.2) is 49.7 Å². The molecule has 0 saturated heterocycles. The molecule has 0 heterocycles. The van der Waals surface area contributed by atoms with Crippen LogP contribution in [0.4, 0.5) is 0 Å². The molecule has 0 bridgehead atoms. The third-order valence-electron chi connectivity index (χ3n) is 5.24. The summed E-state index contributed by atoms with van der Waals surface area (Å²) in [5.74, 6) is 0.687. The number of rotatable bonds is 8. The van der Waals surface area contributed by atoms with Crippen molar-refractivity contribution < 1.29 is 14.6 Å². The lowest BCUT2D eigenvalue weighted by Gasteiger charge is -2.31. The van der Waals surface area contributed by atoms with E-state index < -0.39 is 6.10 Å². The molecule has 0 amide bonds. The minimum Gasteiger partial charge on any atom is -0.389 e. The Balaban J connectivity index is 1.63. The first-order chi connectivity index (χ1) is 10.2. The fraction of sp³-hybridized carbons (Fsp3) is 1.00. The zero-order chi connectivity index (χ0) is 15.1. The fourth-order valence-electron chi connectivity index (χ4n) is 3.88. The maximum absolute atomic E-state index is 10.1. The average molecular weight is 299 g/mol. The van der Waals surface area contributed by atoms with Crippen molar-refractivity contribution >= 4 is 0 Å². The molecule has 4 heteroatoms. The summed E-state index contributed by atoms with van der Waals surface area (Å²) in [6.07, 6.45) is 9.98. The van der Waals surface area contributed by atoms with E-state index in [9.17, 15) is 5.11 Å². The topological polar surface area (TPSA) is 50.7 Å². The summed E-state index contributed by atoms with van der Waals surface area (Å²) in [6, 6.07) is 0.391. The van der Waals surface area contributed by atoms with E-state index in [0.29, 0.717) is 37.3 Å². The van der Waals surface area contributed by atoms with Gasteiger partial charge < -0.3 is 19.9 Å². The highest BCUT2D eigenvalue weighted by Gasteiger charge is 2.28. The van der Waals surface area contributed by atoms with Gasteiger partial charge in [0.15, 0.2) is 0 Å². The molecule has 0 aliphatic heterocycles. The van der Waals surface area contributed by atoms with E-state index in [0.717, 1.165) is 19.3 Å². The SMILES string of the molecule is CCC1CCCCC1OCC(O)CNC1CCCC1OC. The van der Waals surface area contributed by atoms with E-state index in [1.165, 1.54) is 32.1 Å². The van der Waals surface area contributed by atoms with Crippen LogP contribution in [0.1, 0.15) is 58.3 Å². The number of nitrogens with one attached hydrogen (secondary N) is 1. The van der Waals surface area contributed by atoms with Gasteiger partial charge in [-0.2, -0.15) is 0 Å². The van der Waals surface area contributed by atoms with E-state index in [1.807, 2.05) is 0 Å². The quantitative estimate of drug-likeness (QED) is 0.723. The van der Waals surface area contributed by atoms with Gasteiger partial charge in [-0.3, -0.25) is 0 Å². The monoisotopic (exact) mass is 299 g/mol. The Morgan fingerprint density at radius 2 is 1.86 bits per heavy atom. The van der Waals surface area contributed by atoms with Crippen LogP contribution in [0, 0.1) is 5.92 Å². The lowest BCUT2D eigenvalue weighted by atomic mass is 9.85. The molecule has 2 fully saturated rings. The Labute approximate surface area is 129 Å². The number of hydrogen-bond donors (Lipinski definition) is 2. The van der Waals surface area contributed by atoms with Crippen molar-refractivity contribution in [3.8, 4) is 0 Å². The molecular weight excluding hydrogens is 266 g/mol. The summed E-state index contributed by atoms with van der Waals surface area (Å²) < 4.78 is 11.5. The molecule has 5 unspecified atom stereocenters. The van der Waals surface area contributed by atoms with Crippen LogP contribution in [0.15, 0.2) is 0 Å². The summed E-state index contributed by atoms with van der Waals surface area (Å²) >= 11 is 0. The Morgan fingerprint density at radius 3 is 2.62 bits per heavy atom. The molecule has 5 atom stereocenters. The molecule has 2 aliphatic carbocycles. The lowest BCUT2D eigenvalue weighted by molar-refractivity contribution is -0.0511. The predicted octanol–water partition coefficient (Wildman–Crippen LogP) is 2.49. The minimum atomic E-state index is -0.414. The van der Waals surface area contributed by atoms with Crippen molar-refractivity contribution in [1.29, 1.82) is 0 Å². The lowest BCUT2D eigenvalue weighted by Crippen LogP contribution is -2.42. The molecule has 2 rings (SSSR count). The first kappa shape index (κ1) is 17.2. The first-order valence-electron chi connectivity index (χ1n) is 8.80. The summed E-state index contributed by atoms with van der Waals surface area (Å²) in [7, 11) is 1.78. The van der Waals surface area contributed by atoms with Gasteiger partial charge in [0, 0.05) is 19.7 Å². The number of methoxy groups -OCH3 is 1. The summed E-state index contributed by atoms with van der Waals surface area (Å²) in [5.41, 5.74) is 0. The largest absolute Gasteiger partial charge is 0.389 e. The second-order valence-electron chi connectivity index (χ2n) is 6.70. The van der Waals surface area contributed by atoms with E-state index in [4.69, 9.17) is 9.47 Å². The van der Waals surface area contributed by atoms with Crippen molar-refractivity contribution in [2.45, 2.75) is 82.6 Å². The molecule has 2 N–H and O–H groups in total. The smallest absolute Gasteiger partial charge is 0.0897 e. The summed E-state index contributed by atoms with van der Waals surface area (Å²) in [5, 5.41) is 13.6. The van der Waals surface area contributed by atoms with Gasteiger partial charge in [0.1, 0.15) is 0 Å². The van der Waals surface area contributed by atoms with Crippen molar-refractivity contribution in [2.75, 3.05) is 20.3 Å². The molecule has 0 spiro atoms. The van der Waals surface area contributed by atoms with Crippen molar-refractivity contribution in [3.63, 3.8) is 0 Å². The van der Waals surface area contributed by atoms with Crippen molar-refractivity contribution in [2.24, 2.45) is 5.92 Å². The third kappa shape index (κ3) is 5.20. The van der Waals surface area contributed by atoms with Gasteiger partial charge in [-0.05, 0) is 38.0 Å². The van der Waals surface area contributed by atoms with Crippen LogP contribution < -0.4 is 5.32 Å². The Kier molecular flexibility index (Phi) is 7.44. The molecule has 4 nitrogen and oxygen atoms in total. The zero-order valence-corrected chi connectivity index (χ0v) is 13.7. The molecular formula is C17H33NO3. The van der Waals surface area contributed by atoms with Gasteiger partial charge in [-0.1, -0.05) is 26.2 Å². The van der Waals surface area contributed by atoms with Gasteiger partial charge >= 0.3 is 0 Å². The highest BCUT2D eigenvalue weighted by molar-refractivity contribution is 4.84. The molecule has 21 heavy (non-hydrogen) atoms. The number of aliphatic hydroxyl groups excluding tert-OH is 1. The van der Waals surface area contributed by atoms with Gasteiger partial charge in [0.25, 0.3) is 0 Å². The van der Waals surface area contributed by atoms with E-state index in [1.54, 1.807) is 7.11 Å². The van der Waals surface area contributed by atoms with Crippen LogP contribution in [-0.2, 0) is 9.47 Å². The second-order valence-corrected chi connectivity index (χ2v) is 6.70. The highest BCUT2D eigenvalue weighted by atomic mass is 16.5. The van der Waals surface area contributed by atoms with Crippen molar-refractivity contribution in [1.82, 2.24) is 5.32 Å². The maximum atomic E-state index is 10.1. The van der Waals surface area contributed by atoms with Crippen LogP contribution in [0.2, 0.25) is 0 Å². The van der Waals surface area contributed by atoms with Crippen LogP contribution >= 0.6 is 0 Å². The maximum Gasteiger partial charge on any atom is 0.0897 e. The van der Waals surface area contributed by atoms with E-state index >= 15 is 0 Å².